The van der Waals surface area contributed by atoms with Gasteiger partial charge in [-0.2, -0.15) is 0 Å². The predicted molar refractivity (Wildman–Crippen MR) is 51.4 cm³/mol. The molecule has 0 amide bonds. The van der Waals surface area contributed by atoms with Crippen LogP contribution < -0.4 is 9.47 Å². The topological polar surface area (TPSA) is 18.5 Å². The molecule has 2 heteroatoms. The van der Waals surface area contributed by atoms with Crippen LogP contribution in [0.25, 0.3) is 0 Å². The molecule has 2 rings (SSSR count). The summed E-state index contributed by atoms with van der Waals surface area (Å²) in [5.41, 5.74) is 1.20. The van der Waals surface area contributed by atoms with Crippen LogP contribution in [0, 0.1) is 6.92 Å². The first kappa shape index (κ1) is 8.42. The molecule has 0 aliphatic carbocycles. The van der Waals surface area contributed by atoms with Gasteiger partial charge in [0.05, 0.1) is 0 Å². The van der Waals surface area contributed by atoms with Crippen LogP contribution in [0.4, 0.5) is 0 Å². The molecule has 0 spiro atoms. The maximum atomic E-state index is 5.70. The Morgan fingerprint density at radius 2 is 1.62 bits per heavy atom. The Morgan fingerprint density at radius 3 is 2.31 bits per heavy atom. The molecular weight excluding hydrogens is 164 g/mol. The smallest absolute Gasteiger partial charge is 0.162 e. The fourth-order valence-electron chi connectivity index (χ4n) is 1.40. The Balaban J connectivity index is 2.37. The molecule has 0 N–H and O–H groups in total. The Bertz CT molecular complexity index is 320. The van der Waals surface area contributed by atoms with Crippen LogP contribution in [0.1, 0.15) is 19.4 Å². The van der Waals surface area contributed by atoms with Gasteiger partial charge in [-0.3, -0.25) is 0 Å². The van der Waals surface area contributed by atoms with Crippen molar-refractivity contribution in [1.82, 2.24) is 0 Å². The Labute approximate surface area is 78.5 Å². The highest BCUT2D eigenvalue weighted by molar-refractivity contribution is 5.43. The molecule has 0 saturated carbocycles. The Morgan fingerprint density at radius 1 is 1.00 bits per heavy atom. The third-order valence-electron chi connectivity index (χ3n) is 2.39. The van der Waals surface area contributed by atoms with Crippen LogP contribution in [0.15, 0.2) is 18.2 Å². The van der Waals surface area contributed by atoms with Gasteiger partial charge in [0.15, 0.2) is 11.5 Å². The van der Waals surface area contributed by atoms with Gasteiger partial charge in [-0.1, -0.05) is 6.07 Å². The fourth-order valence-corrected chi connectivity index (χ4v) is 1.40. The van der Waals surface area contributed by atoms with Gasteiger partial charge < -0.3 is 9.47 Å². The van der Waals surface area contributed by atoms with Crippen LogP contribution in [-0.4, -0.2) is 12.2 Å². The van der Waals surface area contributed by atoms with Gasteiger partial charge >= 0.3 is 0 Å². The number of ether oxygens (including phenoxy) is 2. The van der Waals surface area contributed by atoms with Crippen molar-refractivity contribution in [3.05, 3.63) is 23.8 Å². The molecule has 13 heavy (non-hydrogen) atoms. The lowest BCUT2D eigenvalue weighted by molar-refractivity contribution is 0.0429. The largest absolute Gasteiger partial charge is 0.483 e. The van der Waals surface area contributed by atoms with Crippen molar-refractivity contribution in [1.29, 1.82) is 0 Å². The van der Waals surface area contributed by atoms with Gasteiger partial charge in [-0.15, -0.1) is 0 Å². The molecule has 0 fully saturated rings. The summed E-state index contributed by atoms with van der Waals surface area (Å²) in [6.45, 7) is 6.09. The van der Waals surface area contributed by atoms with Gasteiger partial charge in [0.25, 0.3) is 0 Å². The van der Waals surface area contributed by atoms with E-state index in [0.29, 0.717) is 0 Å². The maximum Gasteiger partial charge on any atom is 0.162 e. The standard InChI is InChI=1S/C11H14O2/c1-7-4-5-10-11(6-7)13-9(3)8(2)12-10/h4-6,8-9H,1-3H3. The van der Waals surface area contributed by atoms with Crippen molar-refractivity contribution >= 4 is 0 Å². The van der Waals surface area contributed by atoms with Crippen LogP contribution in [0.3, 0.4) is 0 Å². The highest BCUT2D eigenvalue weighted by Gasteiger charge is 2.23. The molecule has 0 radical (unpaired) electrons. The van der Waals surface area contributed by atoms with E-state index in [2.05, 4.69) is 0 Å². The zero-order valence-corrected chi connectivity index (χ0v) is 8.20. The molecule has 70 valence electrons. The number of rotatable bonds is 0. The molecule has 0 saturated heterocycles. The summed E-state index contributed by atoms with van der Waals surface area (Å²) >= 11 is 0. The Hall–Kier alpha value is -1.18. The van der Waals surface area contributed by atoms with E-state index in [-0.39, 0.29) is 12.2 Å². The molecule has 1 heterocycles. The van der Waals surface area contributed by atoms with Gasteiger partial charge in [-0.25, -0.2) is 0 Å². The minimum atomic E-state index is 0.134. The van der Waals surface area contributed by atoms with E-state index in [0.717, 1.165) is 11.5 Å². The van der Waals surface area contributed by atoms with Crippen molar-refractivity contribution in [2.75, 3.05) is 0 Å². The number of benzene rings is 1. The minimum absolute atomic E-state index is 0.134. The molecule has 1 aromatic rings. The lowest BCUT2D eigenvalue weighted by Gasteiger charge is -2.29. The lowest BCUT2D eigenvalue weighted by atomic mass is 10.1. The van der Waals surface area contributed by atoms with Crippen LogP contribution in [0.5, 0.6) is 11.5 Å². The monoisotopic (exact) mass is 178 g/mol. The second kappa shape index (κ2) is 2.95. The number of hydrogen-bond donors (Lipinski definition) is 0. The maximum absolute atomic E-state index is 5.70. The average molecular weight is 178 g/mol. The molecule has 2 nitrogen and oxygen atoms in total. The molecule has 2 atom stereocenters. The molecule has 1 aromatic carbocycles. The van der Waals surface area contributed by atoms with Crippen LogP contribution in [-0.2, 0) is 0 Å². The molecule has 0 aromatic heterocycles. The van der Waals surface area contributed by atoms with Crippen molar-refractivity contribution in [3.63, 3.8) is 0 Å². The van der Waals surface area contributed by atoms with Gasteiger partial charge in [-0.05, 0) is 38.5 Å². The second-order valence-corrected chi connectivity index (χ2v) is 3.60. The van der Waals surface area contributed by atoms with Crippen molar-refractivity contribution < 1.29 is 9.47 Å². The van der Waals surface area contributed by atoms with Gasteiger partial charge in [0, 0.05) is 0 Å². The summed E-state index contributed by atoms with van der Waals surface area (Å²) < 4.78 is 11.4. The third kappa shape index (κ3) is 1.48. The zero-order chi connectivity index (χ0) is 9.42. The first-order chi connectivity index (χ1) is 6.16. The Kier molecular flexibility index (Phi) is 1.91. The molecule has 0 bridgehead atoms. The first-order valence-corrected chi connectivity index (χ1v) is 4.61. The average Bonchev–Trinajstić information content (AvgIpc) is 2.08. The zero-order valence-electron chi connectivity index (χ0n) is 8.20. The number of fused-ring (bicyclic) bond motifs is 1. The highest BCUT2D eigenvalue weighted by atomic mass is 16.6. The number of aryl methyl sites for hydroxylation is 1. The number of hydrogen-bond acceptors (Lipinski definition) is 2. The molecule has 1 aliphatic heterocycles. The van der Waals surface area contributed by atoms with Crippen LogP contribution >= 0.6 is 0 Å². The summed E-state index contributed by atoms with van der Waals surface area (Å²) in [6.07, 6.45) is 0.268. The quantitative estimate of drug-likeness (QED) is 0.607. The molecule has 1 aliphatic rings. The first-order valence-electron chi connectivity index (χ1n) is 4.61. The van der Waals surface area contributed by atoms with E-state index in [1.54, 1.807) is 0 Å². The van der Waals surface area contributed by atoms with Crippen LogP contribution in [0.2, 0.25) is 0 Å². The SMILES string of the molecule is Cc1ccc2c(c1)OC(C)C(C)O2. The summed E-state index contributed by atoms with van der Waals surface area (Å²) in [5, 5.41) is 0. The minimum Gasteiger partial charge on any atom is -0.483 e. The predicted octanol–water partition coefficient (Wildman–Crippen LogP) is 2.54. The second-order valence-electron chi connectivity index (χ2n) is 3.60. The normalized spacial score (nSPS) is 25.8. The van der Waals surface area contributed by atoms with Gasteiger partial charge in [0.1, 0.15) is 12.2 Å². The highest BCUT2D eigenvalue weighted by Crippen LogP contribution is 2.34. The van der Waals surface area contributed by atoms with Crippen molar-refractivity contribution in [2.45, 2.75) is 33.0 Å². The lowest BCUT2D eigenvalue weighted by Crippen LogP contribution is -2.34. The summed E-state index contributed by atoms with van der Waals surface area (Å²) in [7, 11) is 0. The summed E-state index contributed by atoms with van der Waals surface area (Å²) in [4.78, 5) is 0. The molecule has 2 unspecified atom stereocenters. The molecular formula is C11H14O2. The van der Waals surface area contributed by atoms with E-state index < -0.39 is 0 Å². The fraction of sp³-hybridized carbons (Fsp3) is 0.455. The van der Waals surface area contributed by atoms with Crippen molar-refractivity contribution in [2.24, 2.45) is 0 Å². The van der Waals surface area contributed by atoms with E-state index in [9.17, 15) is 0 Å². The summed E-state index contributed by atoms with van der Waals surface area (Å²) in [6, 6.07) is 6.01. The van der Waals surface area contributed by atoms with E-state index in [1.807, 2.05) is 39.0 Å². The van der Waals surface area contributed by atoms with E-state index >= 15 is 0 Å². The third-order valence-corrected chi connectivity index (χ3v) is 2.39. The van der Waals surface area contributed by atoms with E-state index in [4.69, 9.17) is 9.47 Å². The summed E-state index contributed by atoms with van der Waals surface area (Å²) in [5.74, 6) is 1.72. The van der Waals surface area contributed by atoms with Gasteiger partial charge in [0.2, 0.25) is 0 Å². The van der Waals surface area contributed by atoms with Crippen molar-refractivity contribution in [3.8, 4) is 11.5 Å². The van der Waals surface area contributed by atoms with E-state index in [1.165, 1.54) is 5.56 Å².